The minimum Gasteiger partial charge on any atom is -0.490 e. The van der Waals surface area contributed by atoms with Crippen LogP contribution in [0.1, 0.15) is 39.2 Å². The molecule has 1 aromatic rings. The van der Waals surface area contributed by atoms with E-state index in [4.69, 9.17) is 25.8 Å². The molecule has 1 heterocycles. The molecular formula is C17H18ClFO5. The quantitative estimate of drug-likeness (QED) is 0.347. The average molecular weight is 357 g/mol. The van der Waals surface area contributed by atoms with Gasteiger partial charge in [0.2, 0.25) is 0 Å². The van der Waals surface area contributed by atoms with Gasteiger partial charge in [0.1, 0.15) is 5.57 Å². The summed E-state index contributed by atoms with van der Waals surface area (Å²) in [6.45, 7) is 5.19. The highest BCUT2D eigenvalue weighted by Crippen LogP contribution is 2.31. The van der Waals surface area contributed by atoms with Gasteiger partial charge in [-0.15, -0.1) is 0 Å². The van der Waals surface area contributed by atoms with E-state index in [0.717, 1.165) is 18.9 Å². The molecule has 1 saturated heterocycles. The van der Waals surface area contributed by atoms with Crippen molar-refractivity contribution in [3.63, 3.8) is 0 Å². The van der Waals surface area contributed by atoms with E-state index in [2.05, 4.69) is 0 Å². The summed E-state index contributed by atoms with van der Waals surface area (Å²) in [5, 5.41) is 0.0354. The molecule has 7 heteroatoms. The summed E-state index contributed by atoms with van der Waals surface area (Å²) in [4.78, 5) is 23.9. The van der Waals surface area contributed by atoms with Gasteiger partial charge in [-0.25, -0.2) is 14.0 Å². The topological polar surface area (TPSA) is 61.8 Å². The van der Waals surface area contributed by atoms with Crippen molar-refractivity contribution < 1.29 is 28.2 Å². The predicted octanol–water partition coefficient (Wildman–Crippen LogP) is 3.88. The lowest BCUT2D eigenvalue weighted by molar-refractivity contribution is -0.222. The monoisotopic (exact) mass is 356 g/mol. The molecule has 0 amide bonds. The zero-order chi connectivity index (χ0) is 17.9. The molecule has 1 aromatic carbocycles. The number of unbranched alkanes of at least 4 members (excludes halogenated alkanes) is 1. The summed E-state index contributed by atoms with van der Waals surface area (Å²) < 4.78 is 29.9. The van der Waals surface area contributed by atoms with Gasteiger partial charge in [-0.3, -0.25) is 0 Å². The summed E-state index contributed by atoms with van der Waals surface area (Å²) in [5.41, 5.74) is -0.560. The van der Waals surface area contributed by atoms with E-state index >= 15 is 0 Å². The number of carbonyl (C=O) groups excluding carboxylic acids is 2. The zero-order valence-corrected chi connectivity index (χ0v) is 14.4. The Morgan fingerprint density at radius 1 is 1.25 bits per heavy atom. The number of hydrogen-bond acceptors (Lipinski definition) is 5. The van der Waals surface area contributed by atoms with E-state index in [1.165, 1.54) is 26.0 Å². The van der Waals surface area contributed by atoms with Crippen LogP contribution in [0, 0.1) is 5.82 Å². The lowest BCUT2D eigenvalue weighted by Crippen LogP contribution is -2.41. The summed E-state index contributed by atoms with van der Waals surface area (Å²) in [6, 6.07) is 2.83. The fourth-order valence-electron chi connectivity index (χ4n) is 2.04. The zero-order valence-electron chi connectivity index (χ0n) is 13.7. The van der Waals surface area contributed by atoms with Crippen LogP contribution in [0.15, 0.2) is 17.7 Å². The summed E-state index contributed by atoms with van der Waals surface area (Å²) >= 11 is 5.99. The third-order valence-electron chi connectivity index (χ3n) is 3.25. The Labute approximate surface area is 144 Å². The first-order valence-corrected chi connectivity index (χ1v) is 7.92. The summed E-state index contributed by atoms with van der Waals surface area (Å²) in [7, 11) is 0. The van der Waals surface area contributed by atoms with Crippen molar-refractivity contribution in [3.05, 3.63) is 34.1 Å². The maximum Gasteiger partial charge on any atom is 0.348 e. The molecule has 0 aromatic heterocycles. The first kappa shape index (κ1) is 18.3. The van der Waals surface area contributed by atoms with Gasteiger partial charge >= 0.3 is 11.9 Å². The Morgan fingerprint density at radius 2 is 1.88 bits per heavy atom. The summed E-state index contributed by atoms with van der Waals surface area (Å²) in [6.07, 6.45) is 2.69. The van der Waals surface area contributed by atoms with Crippen LogP contribution >= 0.6 is 11.6 Å². The largest absolute Gasteiger partial charge is 0.490 e. The third kappa shape index (κ3) is 4.06. The Hall–Kier alpha value is -2.08. The number of esters is 2. The molecule has 0 saturated carbocycles. The second kappa shape index (κ2) is 7.21. The molecule has 1 fully saturated rings. The molecular weight excluding hydrogens is 339 g/mol. The number of cyclic esters (lactones) is 2. The van der Waals surface area contributed by atoms with Crippen molar-refractivity contribution in [1.82, 2.24) is 0 Å². The molecule has 0 radical (unpaired) electrons. The normalized spacial score (nSPS) is 16.5. The van der Waals surface area contributed by atoms with Crippen LogP contribution in [0.3, 0.4) is 0 Å². The van der Waals surface area contributed by atoms with E-state index in [-0.39, 0.29) is 16.3 Å². The number of hydrogen-bond donors (Lipinski definition) is 0. The molecule has 5 nitrogen and oxygen atoms in total. The van der Waals surface area contributed by atoms with E-state index in [1.807, 2.05) is 6.92 Å². The van der Waals surface area contributed by atoms with Crippen molar-refractivity contribution in [3.8, 4) is 5.75 Å². The van der Waals surface area contributed by atoms with Crippen molar-refractivity contribution in [1.29, 1.82) is 0 Å². The van der Waals surface area contributed by atoms with Crippen LogP contribution in [0.25, 0.3) is 6.08 Å². The molecule has 0 bridgehead atoms. The van der Waals surface area contributed by atoms with Gasteiger partial charge < -0.3 is 14.2 Å². The minimum atomic E-state index is -1.36. The number of ether oxygens (including phenoxy) is 3. The molecule has 0 spiro atoms. The number of benzene rings is 1. The lowest BCUT2D eigenvalue weighted by atomic mass is 10.1. The van der Waals surface area contributed by atoms with Crippen LogP contribution in [-0.4, -0.2) is 24.3 Å². The highest BCUT2D eigenvalue weighted by atomic mass is 35.5. The van der Waals surface area contributed by atoms with E-state index in [1.54, 1.807) is 0 Å². The first-order valence-electron chi connectivity index (χ1n) is 7.54. The second-order valence-electron chi connectivity index (χ2n) is 5.71. The molecule has 1 aliphatic heterocycles. The summed E-state index contributed by atoms with van der Waals surface area (Å²) in [5.74, 6) is -3.92. The van der Waals surface area contributed by atoms with E-state index < -0.39 is 29.1 Å². The Kier molecular flexibility index (Phi) is 5.49. The van der Waals surface area contributed by atoms with Crippen LogP contribution in [-0.2, 0) is 19.1 Å². The highest BCUT2D eigenvalue weighted by molar-refractivity contribution is 6.32. The van der Waals surface area contributed by atoms with Gasteiger partial charge in [0.05, 0.1) is 11.6 Å². The molecule has 2 rings (SSSR count). The molecule has 0 N–H and O–H groups in total. The molecule has 0 unspecified atom stereocenters. The van der Waals surface area contributed by atoms with Crippen LogP contribution < -0.4 is 4.74 Å². The molecule has 0 aliphatic carbocycles. The van der Waals surface area contributed by atoms with Gasteiger partial charge in [-0.2, -0.15) is 0 Å². The van der Waals surface area contributed by atoms with Gasteiger partial charge in [0.15, 0.2) is 11.6 Å². The maximum atomic E-state index is 14.6. The van der Waals surface area contributed by atoms with Crippen LogP contribution in [0.2, 0.25) is 5.02 Å². The highest BCUT2D eigenvalue weighted by Gasteiger charge is 2.39. The van der Waals surface area contributed by atoms with Crippen molar-refractivity contribution in [2.45, 2.75) is 39.4 Å². The predicted molar refractivity (Wildman–Crippen MR) is 86.1 cm³/mol. The number of rotatable bonds is 5. The van der Waals surface area contributed by atoms with Crippen molar-refractivity contribution in [2.75, 3.05) is 6.61 Å². The maximum absolute atomic E-state index is 14.6. The SMILES string of the molecule is CCCCOc1ccc(Cl)c(C=C2C(=O)OC(C)(C)OC2=O)c1F. The molecule has 0 atom stereocenters. The smallest absolute Gasteiger partial charge is 0.348 e. The van der Waals surface area contributed by atoms with Crippen molar-refractivity contribution >= 4 is 29.6 Å². The second-order valence-corrected chi connectivity index (χ2v) is 6.12. The van der Waals surface area contributed by atoms with Gasteiger partial charge in [-0.05, 0) is 24.6 Å². The fraction of sp³-hybridized carbons (Fsp3) is 0.412. The third-order valence-corrected chi connectivity index (χ3v) is 3.58. The van der Waals surface area contributed by atoms with E-state index in [9.17, 15) is 14.0 Å². The molecule has 130 valence electrons. The van der Waals surface area contributed by atoms with Crippen LogP contribution in [0.5, 0.6) is 5.75 Å². The lowest BCUT2D eigenvalue weighted by Gasteiger charge is -2.29. The Morgan fingerprint density at radius 3 is 2.46 bits per heavy atom. The first-order chi connectivity index (χ1) is 11.2. The molecule has 24 heavy (non-hydrogen) atoms. The van der Waals surface area contributed by atoms with Crippen LogP contribution in [0.4, 0.5) is 4.39 Å². The fourth-order valence-corrected chi connectivity index (χ4v) is 2.24. The van der Waals surface area contributed by atoms with Crippen molar-refractivity contribution in [2.24, 2.45) is 0 Å². The number of carbonyl (C=O) groups is 2. The van der Waals surface area contributed by atoms with Gasteiger partial charge in [0, 0.05) is 19.4 Å². The standard InChI is InChI=1S/C17H18ClFO5/c1-4-5-8-22-13-7-6-12(18)10(14(13)19)9-11-15(20)23-17(2,3)24-16(11)21/h6-7,9H,4-5,8H2,1-3H3. The van der Waals surface area contributed by atoms with Gasteiger partial charge in [-0.1, -0.05) is 24.9 Å². The Bertz CT molecular complexity index is 674. The van der Waals surface area contributed by atoms with Gasteiger partial charge in [0.25, 0.3) is 5.79 Å². The Balaban J connectivity index is 2.36. The average Bonchev–Trinajstić information content (AvgIpc) is 2.47. The number of halogens is 2. The van der Waals surface area contributed by atoms with E-state index in [0.29, 0.717) is 6.61 Å². The molecule has 1 aliphatic rings. The minimum absolute atomic E-state index is 0.00225.